The standard InChI is InChI=1S/C12H15N3S/c1-8-2-4-15-10(6-8)14-11(12(15)13)9-3-5-16-7-9/h2,4,6,9H,3,5,7,13H2,1H3. The fourth-order valence-electron chi connectivity index (χ4n) is 2.23. The molecule has 0 saturated carbocycles. The lowest BCUT2D eigenvalue weighted by Crippen LogP contribution is -2.02. The second-order valence-electron chi connectivity index (χ2n) is 4.38. The van der Waals surface area contributed by atoms with Crippen molar-refractivity contribution in [1.29, 1.82) is 0 Å². The molecule has 84 valence electrons. The Bertz CT molecular complexity index is 526. The van der Waals surface area contributed by atoms with Crippen LogP contribution in [0.25, 0.3) is 5.65 Å². The summed E-state index contributed by atoms with van der Waals surface area (Å²) in [5.41, 5.74) is 9.46. The fraction of sp³-hybridized carbons (Fsp3) is 0.417. The number of nitrogens with two attached hydrogens (primary N) is 1. The van der Waals surface area contributed by atoms with Crippen LogP contribution in [0.2, 0.25) is 0 Å². The lowest BCUT2D eigenvalue weighted by Gasteiger charge is -2.04. The second kappa shape index (κ2) is 3.70. The van der Waals surface area contributed by atoms with Gasteiger partial charge in [-0.3, -0.25) is 4.40 Å². The number of imidazole rings is 1. The fourth-order valence-corrected chi connectivity index (χ4v) is 3.46. The smallest absolute Gasteiger partial charge is 0.138 e. The SMILES string of the molecule is Cc1ccn2c(N)c(C3CCSC3)nc2c1. The molecule has 3 heterocycles. The highest BCUT2D eigenvalue weighted by Crippen LogP contribution is 2.35. The number of nitrogen functional groups attached to an aromatic ring is 1. The Morgan fingerprint density at radius 2 is 2.44 bits per heavy atom. The number of hydrogen-bond donors (Lipinski definition) is 1. The number of anilines is 1. The normalized spacial score (nSPS) is 20.7. The summed E-state index contributed by atoms with van der Waals surface area (Å²) in [6.45, 7) is 2.08. The number of pyridine rings is 1. The van der Waals surface area contributed by atoms with Crippen molar-refractivity contribution in [3.8, 4) is 0 Å². The molecule has 3 nitrogen and oxygen atoms in total. The van der Waals surface area contributed by atoms with E-state index in [1.165, 1.54) is 17.7 Å². The van der Waals surface area contributed by atoms with Crippen LogP contribution in [0.15, 0.2) is 18.3 Å². The van der Waals surface area contributed by atoms with E-state index in [2.05, 4.69) is 24.0 Å². The number of fused-ring (bicyclic) bond motifs is 1. The summed E-state index contributed by atoms with van der Waals surface area (Å²) in [7, 11) is 0. The van der Waals surface area contributed by atoms with Gasteiger partial charge in [-0.25, -0.2) is 4.98 Å². The number of rotatable bonds is 1. The van der Waals surface area contributed by atoms with Crippen molar-refractivity contribution in [1.82, 2.24) is 9.38 Å². The van der Waals surface area contributed by atoms with Crippen LogP contribution >= 0.6 is 11.8 Å². The Morgan fingerprint density at radius 1 is 1.56 bits per heavy atom. The highest BCUT2D eigenvalue weighted by atomic mass is 32.2. The molecule has 4 heteroatoms. The van der Waals surface area contributed by atoms with Gasteiger partial charge in [0.25, 0.3) is 0 Å². The molecule has 2 N–H and O–H groups in total. The summed E-state index contributed by atoms with van der Waals surface area (Å²) >= 11 is 1.99. The predicted octanol–water partition coefficient (Wildman–Crippen LogP) is 2.45. The van der Waals surface area contributed by atoms with Crippen molar-refractivity contribution in [2.75, 3.05) is 17.2 Å². The first-order valence-electron chi connectivity index (χ1n) is 5.57. The van der Waals surface area contributed by atoms with Gasteiger partial charge in [-0.2, -0.15) is 11.8 Å². The maximum absolute atomic E-state index is 6.16. The van der Waals surface area contributed by atoms with Gasteiger partial charge >= 0.3 is 0 Å². The van der Waals surface area contributed by atoms with Crippen molar-refractivity contribution >= 4 is 23.2 Å². The molecule has 1 saturated heterocycles. The molecule has 0 bridgehead atoms. The Morgan fingerprint density at radius 3 is 3.19 bits per heavy atom. The molecule has 0 aliphatic carbocycles. The van der Waals surface area contributed by atoms with E-state index in [0.29, 0.717) is 5.92 Å². The third-order valence-corrected chi connectivity index (χ3v) is 4.33. The number of aryl methyl sites for hydroxylation is 1. The van der Waals surface area contributed by atoms with E-state index in [4.69, 9.17) is 5.73 Å². The first kappa shape index (κ1) is 10.0. The summed E-state index contributed by atoms with van der Waals surface area (Å²) in [6.07, 6.45) is 3.22. The zero-order valence-corrected chi connectivity index (χ0v) is 10.1. The Hall–Kier alpha value is -1.16. The van der Waals surface area contributed by atoms with Gasteiger partial charge in [-0.05, 0) is 36.8 Å². The lowest BCUT2D eigenvalue weighted by atomic mass is 10.1. The lowest BCUT2D eigenvalue weighted by molar-refractivity contribution is 0.762. The molecule has 1 aliphatic rings. The zero-order chi connectivity index (χ0) is 11.1. The summed E-state index contributed by atoms with van der Waals surface area (Å²) in [4.78, 5) is 4.68. The van der Waals surface area contributed by atoms with E-state index >= 15 is 0 Å². The van der Waals surface area contributed by atoms with Crippen molar-refractivity contribution in [3.63, 3.8) is 0 Å². The van der Waals surface area contributed by atoms with Crippen LogP contribution in [0.3, 0.4) is 0 Å². The van der Waals surface area contributed by atoms with E-state index < -0.39 is 0 Å². The largest absolute Gasteiger partial charge is 0.383 e. The van der Waals surface area contributed by atoms with Crippen LogP contribution in [-0.4, -0.2) is 20.9 Å². The van der Waals surface area contributed by atoms with Crippen molar-refractivity contribution < 1.29 is 0 Å². The van der Waals surface area contributed by atoms with Gasteiger partial charge in [0, 0.05) is 17.9 Å². The molecular weight excluding hydrogens is 218 g/mol. The molecule has 1 fully saturated rings. The van der Waals surface area contributed by atoms with Crippen LogP contribution < -0.4 is 5.73 Å². The van der Waals surface area contributed by atoms with Crippen molar-refractivity contribution in [2.45, 2.75) is 19.3 Å². The van der Waals surface area contributed by atoms with Gasteiger partial charge in [-0.1, -0.05) is 0 Å². The van der Waals surface area contributed by atoms with Crippen LogP contribution in [0.4, 0.5) is 5.82 Å². The van der Waals surface area contributed by atoms with Crippen LogP contribution in [-0.2, 0) is 0 Å². The Labute approximate surface area is 99.1 Å². The molecular formula is C12H15N3S. The second-order valence-corrected chi connectivity index (χ2v) is 5.52. The number of nitrogens with zero attached hydrogens (tertiary/aromatic N) is 2. The molecule has 2 aromatic rings. The van der Waals surface area contributed by atoms with Gasteiger partial charge in [0.1, 0.15) is 11.5 Å². The van der Waals surface area contributed by atoms with E-state index in [-0.39, 0.29) is 0 Å². The maximum Gasteiger partial charge on any atom is 0.138 e. The molecule has 0 aromatic carbocycles. The summed E-state index contributed by atoms with van der Waals surface area (Å²) in [5.74, 6) is 3.76. The van der Waals surface area contributed by atoms with Crippen LogP contribution in [0, 0.1) is 6.92 Å². The molecule has 1 aliphatic heterocycles. The average molecular weight is 233 g/mol. The molecule has 1 atom stereocenters. The highest BCUT2D eigenvalue weighted by Gasteiger charge is 2.23. The maximum atomic E-state index is 6.16. The first-order valence-corrected chi connectivity index (χ1v) is 6.73. The van der Waals surface area contributed by atoms with Crippen LogP contribution in [0.1, 0.15) is 23.6 Å². The van der Waals surface area contributed by atoms with Gasteiger partial charge in [-0.15, -0.1) is 0 Å². The third-order valence-electron chi connectivity index (χ3n) is 3.16. The molecule has 1 unspecified atom stereocenters. The molecule has 16 heavy (non-hydrogen) atoms. The summed E-state index contributed by atoms with van der Waals surface area (Å²) in [6, 6.07) is 4.15. The van der Waals surface area contributed by atoms with Crippen molar-refractivity contribution in [2.24, 2.45) is 0 Å². The van der Waals surface area contributed by atoms with Gasteiger partial charge in [0.15, 0.2) is 0 Å². The minimum absolute atomic E-state index is 0.546. The van der Waals surface area contributed by atoms with E-state index in [1.807, 2.05) is 22.4 Å². The minimum atomic E-state index is 0.546. The number of aromatic nitrogens is 2. The monoisotopic (exact) mass is 233 g/mol. The van der Waals surface area contributed by atoms with E-state index in [9.17, 15) is 0 Å². The van der Waals surface area contributed by atoms with E-state index in [1.54, 1.807) is 0 Å². The first-order chi connectivity index (χ1) is 7.75. The molecule has 2 aromatic heterocycles. The highest BCUT2D eigenvalue weighted by molar-refractivity contribution is 7.99. The van der Waals surface area contributed by atoms with E-state index in [0.717, 1.165) is 22.9 Å². The van der Waals surface area contributed by atoms with Crippen molar-refractivity contribution in [3.05, 3.63) is 29.6 Å². The summed E-state index contributed by atoms with van der Waals surface area (Å²) in [5, 5.41) is 0. The number of hydrogen-bond acceptors (Lipinski definition) is 3. The van der Waals surface area contributed by atoms with Gasteiger partial charge in [0.05, 0.1) is 5.69 Å². The topological polar surface area (TPSA) is 43.3 Å². The molecule has 0 spiro atoms. The zero-order valence-electron chi connectivity index (χ0n) is 9.31. The molecule has 0 amide bonds. The average Bonchev–Trinajstić information content (AvgIpc) is 2.86. The summed E-state index contributed by atoms with van der Waals surface area (Å²) < 4.78 is 1.99. The Balaban J connectivity index is 2.14. The minimum Gasteiger partial charge on any atom is -0.383 e. The number of thioether (sulfide) groups is 1. The van der Waals surface area contributed by atoms with Gasteiger partial charge in [0.2, 0.25) is 0 Å². The third kappa shape index (κ3) is 1.48. The van der Waals surface area contributed by atoms with Gasteiger partial charge < -0.3 is 5.73 Å². The predicted molar refractivity (Wildman–Crippen MR) is 69.0 cm³/mol. The Kier molecular flexibility index (Phi) is 2.32. The molecule has 3 rings (SSSR count). The quantitative estimate of drug-likeness (QED) is 0.822. The van der Waals surface area contributed by atoms with Crippen LogP contribution in [0.5, 0.6) is 0 Å². The molecule has 0 radical (unpaired) electrons.